The molecule has 0 saturated heterocycles. The van der Waals surface area contributed by atoms with Gasteiger partial charge in [0.05, 0.1) is 0 Å². The fourth-order valence-corrected chi connectivity index (χ4v) is 4.42. The van der Waals surface area contributed by atoms with Crippen LogP contribution in [0.1, 0.15) is 39.3 Å². The van der Waals surface area contributed by atoms with Gasteiger partial charge in [0.2, 0.25) is 5.91 Å². The van der Waals surface area contributed by atoms with Gasteiger partial charge in [0.25, 0.3) is 11.5 Å². The quantitative estimate of drug-likeness (QED) is 0.292. The molecular formula is C30H32ClFN6O3. The normalized spacial score (nSPS) is 12.3. The van der Waals surface area contributed by atoms with Crippen LogP contribution in [0.5, 0.6) is 0 Å². The van der Waals surface area contributed by atoms with Gasteiger partial charge in [-0.25, -0.2) is 4.39 Å². The fourth-order valence-electron chi connectivity index (χ4n) is 4.22. The number of aromatic nitrogens is 4. The predicted octanol–water partition coefficient (Wildman–Crippen LogP) is 4.96. The van der Waals surface area contributed by atoms with Gasteiger partial charge >= 0.3 is 0 Å². The first-order valence-corrected chi connectivity index (χ1v) is 13.5. The summed E-state index contributed by atoms with van der Waals surface area (Å²) in [5.74, 6) is -0.799. The Hall–Kier alpha value is -4.31. The third-order valence-electron chi connectivity index (χ3n) is 6.58. The molecule has 4 aromatic rings. The number of amides is 2. The van der Waals surface area contributed by atoms with Crippen LogP contribution in [0.3, 0.4) is 0 Å². The Balaban J connectivity index is 1.61. The standard InChI is InChI=1S/C30H32ClFN6O3/c1-18(2)38-16-21(9-13-26(38)39)20-8-12-24(31)22(14-20)15-25(35-29(41)30(3,4)32)28(40)34-23-10-6-19(7-11-23)27-36-33-17-37(27)5/h6-14,16-18,25H,15H2,1-5H3,(H,34,40)(H,35,41). The van der Waals surface area contributed by atoms with Crippen molar-refractivity contribution in [3.63, 3.8) is 0 Å². The maximum atomic E-state index is 14.5. The summed E-state index contributed by atoms with van der Waals surface area (Å²) in [7, 11) is 1.83. The summed E-state index contributed by atoms with van der Waals surface area (Å²) in [6.45, 7) is 6.08. The van der Waals surface area contributed by atoms with Crippen LogP contribution in [-0.2, 0) is 23.1 Å². The maximum absolute atomic E-state index is 14.5. The average molecular weight is 579 g/mol. The maximum Gasteiger partial charge on any atom is 0.257 e. The molecule has 0 bridgehead atoms. The van der Waals surface area contributed by atoms with E-state index in [9.17, 15) is 18.8 Å². The molecule has 0 spiro atoms. The minimum absolute atomic E-state index is 0.00116. The molecule has 0 fully saturated rings. The Morgan fingerprint density at radius 2 is 1.68 bits per heavy atom. The van der Waals surface area contributed by atoms with Crippen LogP contribution in [-0.4, -0.2) is 42.9 Å². The van der Waals surface area contributed by atoms with Gasteiger partial charge in [-0.2, -0.15) is 0 Å². The van der Waals surface area contributed by atoms with Crippen LogP contribution in [0, 0.1) is 0 Å². The van der Waals surface area contributed by atoms with Gasteiger partial charge in [-0.15, -0.1) is 10.2 Å². The number of benzene rings is 2. The van der Waals surface area contributed by atoms with Crippen molar-refractivity contribution < 1.29 is 14.0 Å². The molecular weight excluding hydrogens is 547 g/mol. The Bertz CT molecular complexity index is 1620. The third kappa shape index (κ3) is 7.07. The summed E-state index contributed by atoms with van der Waals surface area (Å²) >= 11 is 6.52. The second-order valence-corrected chi connectivity index (χ2v) is 11.0. The topological polar surface area (TPSA) is 111 Å². The van der Waals surface area contributed by atoms with Gasteiger partial charge in [-0.05, 0) is 86.8 Å². The highest BCUT2D eigenvalue weighted by Crippen LogP contribution is 2.27. The van der Waals surface area contributed by atoms with Crippen molar-refractivity contribution in [3.8, 4) is 22.5 Å². The molecule has 4 rings (SSSR count). The van der Waals surface area contributed by atoms with E-state index in [1.807, 2.05) is 27.0 Å². The van der Waals surface area contributed by atoms with Crippen LogP contribution in [0.25, 0.3) is 22.5 Å². The van der Waals surface area contributed by atoms with E-state index in [1.54, 1.807) is 64.1 Å². The first-order valence-electron chi connectivity index (χ1n) is 13.1. The molecule has 2 aromatic heterocycles. The first kappa shape index (κ1) is 29.7. The minimum atomic E-state index is -2.20. The lowest BCUT2D eigenvalue weighted by atomic mass is 9.99. The second-order valence-electron chi connectivity index (χ2n) is 10.6. The highest BCUT2D eigenvalue weighted by atomic mass is 35.5. The van der Waals surface area contributed by atoms with E-state index in [-0.39, 0.29) is 18.0 Å². The van der Waals surface area contributed by atoms with E-state index < -0.39 is 23.5 Å². The third-order valence-corrected chi connectivity index (χ3v) is 6.95. The summed E-state index contributed by atoms with van der Waals surface area (Å²) < 4.78 is 17.9. The number of anilines is 1. The molecule has 11 heteroatoms. The minimum Gasteiger partial charge on any atom is -0.341 e. The monoisotopic (exact) mass is 578 g/mol. The summed E-state index contributed by atoms with van der Waals surface area (Å²) in [5, 5.41) is 13.7. The lowest BCUT2D eigenvalue weighted by molar-refractivity contribution is -0.133. The van der Waals surface area contributed by atoms with Crippen molar-refractivity contribution in [1.82, 2.24) is 24.6 Å². The first-order chi connectivity index (χ1) is 19.3. The van der Waals surface area contributed by atoms with Crippen molar-refractivity contribution in [1.29, 1.82) is 0 Å². The Morgan fingerprint density at radius 1 is 1.02 bits per heavy atom. The molecule has 2 amide bonds. The Labute approximate surface area is 242 Å². The van der Waals surface area contributed by atoms with Gasteiger partial charge < -0.3 is 19.8 Å². The van der Waals surface area contributed by atoms with E-state index in [0.717, 1.165) is 30.5 Å². The summed E-state index contributed by atoms with van der Waals surface area (Å²) in [5.41, 5.74) is 1.10. The van der Waals surface area contributed by atoms with Crippen LogP contribution in [0.15, 0.2) is 71.9 Å². The van der Waals surface area contributed by atoms with E-state index in [1.165, 1.54) is 6.07 Å². The molecule has 0 aliphatic heterocycles. The number of aryl methyl sites for hydroxylation is 1. The highest BCUT2D eigenvalue weighted by Gasteiger charge is 2.31. The predicted molar refractivity (Wildman–Crippen MR) is 157 cm³/mol. The molecule has 2 N–H and O–H groups in total. The zero-order chi connectivity index (χ0) is 29.9. The number of carbonyl (C=O) groups is 2. The van der Waals surface area contributed by atoms with E-state index >= 15 is 0 Å². The molecule has 0 saturated carbocycles. The number of alkyl halides is 1. The highest BCUT2D eigenvalue weighted by molar-refractivity contribution is 6.31. The molecule has 2 aromatic carbocycles. The van der Waals surface area contributed by atoms with Crippen molar-refractivity contribution in [2.45, 2.75) is 51.9 Å². The van der Waals surface area contributed by atoms with Gasteiger partial charge in [-0.1, -0.05) is 17.7 Å². The average Bonchev–Trinajstić information content (AvgIpc) is 3.35. The van der Waals surface area contributed by atoms with E-state index in [0.29, 0.717) is 22.1 Å². The van der Waals surface area contributed by atoms with E-state index in [4.69, 9.17) is 11.6 Å². The van der Waals surface area contributed by atoms with Crippen molar-refractivity contribution in [2.75, 3.05) is 5.32 Å². The SMILES string of the molecule is CC(C)n1cc(-c2ccc(Cl)c(CC(NC(=O)C(C)(C)F)C(=O)Nc3ccc(-c4nncn4C)cc3)c2)ccc1=O. The zero-order valence-electron chi connectivity index (χ0n) is 23.5. The van der Waals surface area contributed by atoms with Crippen molar-refractivity contribution in [3.05, 3.63) is 88.1 Å². The lowest BCUT2D eigenvalue weighted by Gasteiger charge is -2.23. The lowest BCUT2D eigenvalue weighted by Crippen LogP contribution is -2.50. The van der Waals surface area contributed by atoms with Gasteiger partial charge in [0, 0.05) is 48.0 Å². The number of rotatable bonds is 9. The molecule has 0 aliphatic rings. The Morgan fingerprint density at radius 3 is 2.29 bits per heavy atom. The van der Waals surface area contributed by atoms with Crippen LogP contribution in [0.2, 0.25) is 5.02 Å². The van der Waals surface area contributed by atoms with Gasteiger partial charge in [-0.3, -0.25) is 14.4 Å². The zero-order valence-corrected chi connectivity index (χ0v) is 24.2. The summed E-state index contributed by atoms with van der Waals surface area (Å²) in [6, 6.07) is 14.3. The van der Waals surface area contributed by atoms with Gasteiger partial charge in [0.1, 0.15) is 12.4 Å². The molecule has 0 radical (unpaired) electrons. The number of hydrogen-bond donors (Lipinski definition) is 2. The molecule has 1 atom stereocenters. The fraction of sp³-hybridized carbons (Fsp3) is 0.300. The molecule has 0 aliphatic carbocycles. The molecule has 1 unspecified atom stereocenters. The largest absolute Gasteiger partial charge is 0.341 e. The summed E-state index contributed by atoms with van der Waals surface area (Å²) in [6.07, 6.45) is 3.36. The molecule has 214 valence electrons. The second kappa shape index (κ2) is 12.1. The molecule has 41 heavy (non-hydrogen) atoms. The van der Waals surface area contributed by atoms with Crippen LogP contribution in [0.4, 0.5) is 10.1 Å². The van der Waals surface area contributed by atoms with Crippen LogP contribution >= 0.6 is 11.6 Å². The van der Waals surface area contributed by atoms with E-state index in [2.05, 4.69) is 20.8 Å². The van der Waals surface area contributed by atoms with Crippen molar-refractivity contribution in [2.24, 2.45) is 7.05 Å². The number of nitrogens with zero attached hydrogens (tertiary/aromatic N) is 4. The van der Waals surface area contributed by atoms with Crippen LogP contribution < -0.4 is 16.2 Å². The number of nitrogens with one attached hydrogen (secondary N) is 2. The smallest absolute Gasteiger partial charge is 0.257 e. The number of hydrogen-bond acceptors (Lipinski definition) is 5. The number of halogens is 2. The van der Waals surface area contributed by atoms with Crippen molar-refractivity contribution >= 4 is 29.1 Å². The number of pyridine rings is 1. The number of carbonyl (C=O) groups excluding carboxylic acids is 2. The summed E-state index contributed by atoms with van der Waals surface area (Å²) in [4.78, 5) is 38.2. The molecule has 9 nitrogen and oxygen atoms in total. The Kier molecular flexibility index (Phi) is 8.72. The van der Waals surface area contributed by atoms with Gasteiger partial charge in [0.15, 0.2) is 11.5 Å². The molecule has 2 heterocycles.